The highest BCUT2D eigenvalue weighted by Crippen LogP contribution is 2.16. The fourth-order valence-corrected chi connectivity index (χ4v) is 2.68. The van der Waals surface area contributed by atoms with Gasteiger partial charge >= 0.3 is 6.03 Å². The molecule has 2 fully saturated rings. The molecule has 0 aromatic rings. The fraction of sp³-hybridized carbons (Fsp3) is 0.786. The monoisotopic (exact) mass is 312 g/mol. The number of nitrogens with one attached hydrogen (secondary N) is 2. The van der Waals surface area contributed by atoms with Crippen LogP contribution in [0.3, 0.4) is 0 Å². The first kappa shape index (κ1) is 16.7. The first-order valence-corrected chi connectivity index (χ1v) is 7.74. The summed E-state index contributed by atoms with van der Waals surface area (Å²) in [6.45, 7) is 4.07. The van der Waals surface area contributed by atoms with E-state index in [0.29, 0.717) is 26.2 Å². The number of imide groups is 1. The van der Waals surface area contributed by atoms with Crippen molar-refractivity contribution < 1.29 is 19.1 Å². The molecule has 22 heavy (non-hydrogen) atoms. The molecule has 124 valence electrons. The summed E-state index contributed by atoms with van der Waals surface area (Å²) in [5.74, 6) is -0.202. The maximum absolute atomic E-state index is 12.2. The van der Waals surface area contributed by atoms with Crippen LogP contribution in [0, 0.1) is 0 Å². The van der Waals surface area contributed by atoms with Crippen molar-refractivity contribution in [2.75, 3.05) is 46.4 Å². The SMILES string of the molecule is CNC(=O)NC(=O)CCN1CCN(C(=O)C2CCCO2)CC1. The number of amides is 4. The lowest BCUT2D eigenvalue weighted by atomic mass is 10.2. The highest BCUT2D eigenvalue weighted by atomic mass is 16.5. The van der Waals surface area contributed by atoms with E-state index < -0.39 is 6.03 Å². The average molecular weight is 312 g/mol. The summed E-state index contributed by atoms with van der Waals surface area (Å²) < 4.78 is 5.43. The molecule has 0 radical (unpaired) electrons. The Labute approximate surface area is 130 Å². The first-order valence-electron chi connectivity index (χ1n) is 7.74. The molecule has 2 N–H and O–H groups in total. The molecular weight excluding hydrogens is 288 g/mol. The Morgan fingerprint density at radius 3 is 2.50 bits per heavy atom. The number of carbonyl (C=O) groups excluding carboxylic acids is 3. The summed E-state index contributed by atoms with van der Waals surface area (Å²) in [6.07, 6.45) is 1.78. The zero-order valence-corrected chi connectivity index (χ0v) is 13.0. The minimum Gasteiger partial charge on any atom is -0.368 e. The number of ether oxygens (including phenoxy) is 1. The molecule has 0 saturated carbocycles. The molecule has 2 heterocycles. The van der Waals surface area contributed by atoms with Crippen LogP contribution in [0.1, 0.15) is 19.3 Å². The molecular formula is C14H24N4O4. The van der Waals surface area contributed by atoms with Crippen LogP contribution in [0.25, 0.3) is 0 Å². The van der Waals surface area contributed by atoms with Crippen molar-refractivity contribution in [3.63, 3.8) is 0 Å². The van der Waals surface area contributed by atoms with E-state index >= 15 is 0 Å². The normalized spacial score (nSPS) is 22.4. The molecule has 8 heteroatoms. The van der Waals surface area contributed by atoms with Crippen LogP contribution in [0.4, 0.5) is 4.79 Å². The van der Waals surface area contributed by atoms with Crippen molar-refractivity contribution in [1.82, 2.24) is 20.4 Å². The van der Waals surface area contributed by atoms with Gasteiger partial charge in [-0.2, -0.15) is 0 Å². The standard InChI is InChI=1S/C14H24N4O4/c1-15-14(21)16-12(19)4-5-17-6-8-18(9-7-17)13(20)11-3-2-10-22-11/h11H,2-10H2,1H3,(H2,15,16,19,21). The van der Waals surface area contributed by atoms with Crippen LogP contribution >= 0.6 is 0 Å². The average Bonchev–Trinajstić information content (AvgIpc) is 3.07. The molecule has 2 aliphatic heterocycles. The van der Waals surface area contributed by atoms with Gasteiger partial charge in [0, 0.05) is 52.8 Å². The van der Waals surface area contributed by atoms with E-state index in [1.807, 2.05) is 4.90 Å². The molecule has 1 atom stereocenters. The number of hydrogen-bond donors (Lipinski definition) is 2. The predicted octanol–water partition coefficient (Wildman–Crippen LogP) is -0.845. The molecule has 0 spiro atoms. The lowest BCUT2D eigenvalue weighted by Gasteiger charge is -2.35. The largest absolute Gasteiger partial charge is 0.368 e. The third kappa shape index (κ3) is 4.67. The van der Waals surface area contributed by atoms with Gasteiger partial charge in [-0.1, -0.05) is 0 Å². The van der Waals surface area contributed by atoms with E-state index in [4.69, 9.17) is 4.74 Å². The van der Waals surface area contributed by atoms with Crippen LogP contribution in [0.2, 0.25) is 0 Å². The van der Waals surface area contributed by atoms with E-state index in [9.17, 15) is 14.4 Å². The molecule has 1 unspecified atom stereocenters. The van der Waals surface area contributed by atoms with Crippen LogP contribution in [-0.2, 0) is 14.3 Å². The third-order valence-corrected chi connectivity index (χ3v) is 4.02. The zero-order valence-electron chi connectivity index (χ0n) is 13.0. The van der Waals surface area contributed by atoms with Gasteiger partial charge in [0.1, 0.15) is 6.10 Å². The van der Waals surface area contributed by atoms with Crippen molar-refractivity contribution in [1.29, 1.82) is 0 Å². The summed E-state index contributed by atoms with van der Waals surface area (Å²) >= 11 is 0. The summed E-state index contributed by atoms with van der Waals surface area (Å²) in [5.41, 5.74) is 0. The van der Waals surface area contributed by atoms with Crippen LogP contribution in [-0.4, -0.2) is 80.1 Å². The smallest absolute Gasteiger partial charge is 0.321 e. The van der Waals surface area contributed by atoms with Gasteiger partial charge in [-0.15, -0.1) is 0 Å². The third-order valence-electron chi connectivity index (χ3n) is 4.02. The first-order chi connectivity index (χ1) is 10.6. The maximum atomic E-state index is 12.2. The maximum Gasteiger partial charge on any atom is 0.321 e. The summed E-state index contributed by atoms with van der Waals surface area (Å²) in [6, 6.07) is -0.489. The van der Waals surface area contributed by atoms with Gasteiger partial charge in [-0.25, -0.2) is 4.79 Å². The molecule has 2 rings (SSSR count). The minimum atomic E-state index is -0.489. The van der Waals surface area contributed by atoms with Crippen molar-refractivity contribution in [3.05, 3.63) is 0 Å². The molecule has 8 nitrogen and oxygen atoms in total. The van der Waals surface area contributed by atoms with E-state index in [2.05, 4.69) is 15.5 Å². The van der Waals surface area contributed by atoms with Crippen LogP contribution < -0.4 is 10.6 Å². The highest BCUT2D eigenvalue weighted by Gasteiger charge is 2.30. The van der Waals surface area contributed by atoms with E-state index in [1.54, 1.807) is 0 Å². The Morgan fingerprint density at radius 2 is 1.91 bits per heavy atom. The molecule has 4 amide bonds. The second-order valence-electron chi connectivity index (χ2n) is 5.55. The number of hydrogen-bond acceptors (Lipinski definition) is 5. The quantitative estimate of drug-likeness (QED) is 0.706. The molecule has 0 aliphatic carbocycles. The number of piperazine rings is 1. The van der Waals surface area contributed by atoms with Crippen LogP contribution in [0.15, 0.2) is 0 Å². The second-order valence-corrected chi connectivity index (χ2v) is 5.55. The van der Waals surface area contributed by atoms with Gasteiger partial charge in [-0.05, 0) is 12.8 Å². The number of nitrogens with zero attached hydrogens (tertiary/aromatic N) is 2. The van der Waals surface area contributed by atoms with Crippen molar-refractivity contribution in [3.8, 4) is 0 Å². The molecule has 0 bridgehead atoms. The lowest BCUT2D eigenvalue weighted by molar-refractivity contribution is -0.142. The van der Waals surface area contributed by atoms with Gasteiger partial charge < -0.3 is 15.0 Å². The summed E-state index contributed by atoms with van der Waals surface area (Å²) in [5, 5.41) is 4.57. The molecule has 2 aliphatic rings. The zero-order chi connectivity index (χ0) is 15.9. The number of carbonyl (C=O) groups is 3. The van der Waals surface area contributed by atoms with Gasteiger partial charge in [-0.3, -0.25) is 19.8 Å². The molecule has 2 saturated heterocycles. The molecule has 0 aromatic carbocycles. The Bertz CT molecular complexity index is 415. The van der Waals surface area contributed by atoms with E-state index in [1.165, 1.54) is 7.05 Å². The van der Waals surface area contributed by atoms with Gasteiger partial charge in [0.25, 0.3) is 5.91 Å². The van der Waals surface area contributed by atoms with Crippen molar-refractivity contribution in [2.45, 2.75) is 25.4 Å². The highest BCUT2D eigenvalue weighted by molar-refractivity contribution is 5.94. The fourth-order valence-electron chi connectivity index (χ4n) is 2.68. The van der Waals surface area contributed by atoms with E-state index in [-0.39, 0.29) is 24.3 Å². The Kier molecular flexibility index (Phi) is 6.14. The lowest BCUT2D eigenvalue weighted by Crippen LogP contribution is -2.51. The Balaban J connectivity index is 1.65. The number of rotatable bonds is 4. The minimum absolute atomic E-state index is 0.0921. The summed E-state index contributed by atoms with van der Waals surface area (Å²) in [7, 11) is 1.47. The topological polar surface area (TPSA) is 91.0 Å². The van der Waals surface area contributed by atoms with Crippen LogP contribution in [0.5, 0.6) is 0 Å². The van der Waals surface area contributed by atoms with Gasteiger partial charge in [0.15, 0.2) is 0 Å². The van der Waals surface area contributed by atoms with Crippen molar-refractivity contribution >= 4 is 17.8 Å². The predicted molar refractivity (Wildman–Crippen MR) is 79.2 cm³/mol. The number of urea groups is 1. The Morgan fingerprint density at radius 1 is 1.18 bits per heavy atom. The summed E-state index contributed by atoms with van der Waals surface area (Å²) in [4.78, 5) is 38.7. The molecule has 0 aromatic heterocycles. The van der Waals surface area contributed by atoms with Gasteiger partial charge in [0.05, 0.1) is 0 Å². The van der Waals surface area contributed by atoms with Crippen molar-refractivity contribution in [2.24, 2.45) is 0 Å². The second kappa shape index (κ2) is 8.09. The Hall–Kier alpha value is -1.67. The van der Waals surface area contributed by atoms with Gasteiger partial charge in [0.2, 0.25) is 5.91 Å². The van der Waals surface area contributed by atoms with E-state index in [0.717, 1.165) is 25.9 Å².